The molecule has 20 heavy (non-hydrogen) atoms. The van der Waals surface area contributed by atoms with Gasteiger partial charge in [0.1, 0.15) is 4.90 Å². The van der Waals surface area contributed by atoms with Gasteiger partial charge in [-0.05, 0) is 30.0 Å². The second kappa shape index (κ2) is 6.22. The lowest BCUT2D eigenvalue weighted by Crippen LogP contribution is -2.42. The monoisotopic (exact) mass is 337 g/mol. The second-order valence-corrected chi connectivity index (χ2v) is 8.60. The summed E-state index contributed by atoms with van der Waals surface area (Å²) < 4.78 is 26.8. The SMILES string of the molecule is CC(N(C)S(=O)(=O)c1cc(CCl)ccc1Cl)C(C)(C)C. The Labute approximate surface area is 131 Å². The minimum atomic E-state index is -3.64. The summed E-state index contributed by atoms with van der Waals surface area (Å²) in [5.41, 5.74) is 0.560. The van der Waals surface area contributed by atoms with Crippen LogP contribution in [0.25, 0.3) is 0 Å². The van der Waals surface area contributed by atoms with Crippen LogP contribution >= 0.6 is 23.2 Å². The van der Waals surface area contributed by atoms with Crippen molar-refractivity contribution in [3.63, 3.8) is 0 Å². The molecule has 0 spiro atoms. The molecule has 0 heterocycles. The lowest BCUT2D eigenvalue weighted by Gasteiger charge is -2.34. The van der Waals surface area contributed by atoms with Crippen molar-refractivity contribution in [3.8, 4) is 0 Å². The standard InChI is InChI=1S/C14H21Cl2NO2S/c1-10(14(2,3)4)17(5)20(18,19)13-8-11(9-15)6-7-12(13)16/h6-8,10H,9H2,1-5H3. The van der Waals surface area contributed by atoms with Crippen molar-refractivity contribution < 1.29 is 8.42 Å². The maximum Gasteiger partial charge on any atom is 0.244 e. The van der Waals surface area contributed by atoms with Crippen LogP contribution < -0.4 is 0 Å². The van der Waals surface area contributed by atoms with Crippen LogP contribution in [0.5, 0.6) is 0 Å². The molecule has 3 nitrogen and oxygen atoms in total. The fourth-order valence-corrected chi connectivity index (χ4v) is 3.97. The van der Waals surface area contributed by atoms with E-state index in [2.05, 4.69) is 0 Å². The largest absolute Gasteiger partial charge is 0.244 e. The molecule has 1 rings (SSSR count). The summed E-state index contributed by atoms with van der Waals surface area (Å²) in [6.45, 7) is 7.89. The zero-order valence-electron chi connectivity index (χ0n) is 12.4. The molecule has 0 radical (unpaired) electrons. The van der Waals surface area contributed by atoms with Crippen LogP contribution in [0.2, 0.25) is 5.02 Å². The van der Waals surface area contributed by atoms with Gasteiger partial charge in [0.25, 0.3) is 0 Å². The van der Waals surface area contributed by atoms with Crippen molar-refractivity contribution in [2.75, 3.05) is 7.05 Å². The summed E-state index contributed by atoms with van der Waals surface area (Å²) in [4.78, 5) is 0.107. The fraction of sp³-hybridized carbons (Fsp3) is 0.571. The number of benzene rings is 1. The molecule has 1 unspecified atom stereocenters. The lowest BCUT2D eigenvalue weighted by atomic mass is 9.88. The smallest absolute Gasteiger partial charge is 0.207 e. The summed E-state index contributed by atoms with van der Waals surface area (Å²) in [5, 5.41) is 0.215. The maximum absolute atomic E-state index is 12.7. The van der Waals surface area contributed by atoms with Crippen molar-refractivity contribution >= 4 is 33.2 Å². The fourth-order valence-electron chi connectivity index (χ4n) is 1.74. The van der Waals surface area contributed by atoms with Gasteiger partial charge in [-0.2, -0.15) is 4.31 Å². The van der Waals surface area contributed by atoms with Gasteiger partial charge in [-0.25, -0.2) is 8.42 Å². The van der Waals surface area contributed by atoms with Crippen LogP contribution in [0.4, 0.5) is 0 Å². The number of hydrogen-bond donors (Lipinski definition) is 0. The van der Waals surface area contributed by atoms with Crippen LogP contribution in [0.15, 0.2) is 23.1 Å². The third-order valence-electron chi connectivity index (χ3n) is 3.61. The van der Waals surface area contributed by atoms with E-state index < -0.39 is 10.0 Å². The number of halogens is 2. The van der Waals surface area contributed by atoms with Gasteiger partial charge >= 0.3 is 0 Å². The van der Waals surface area contributed by atoms with Gasteiger partial charge in [0, 0.05) is 19.0 Å². The maximum atomic E-state index is 12.7. The van der Waals surface area contributed by atoms with Crippen LogP contribution in [0.3, 0.4) is 0 Å². The molecule has 0 fully saturated rings. The molecule has 0 aromatic heterocycles. The Morgan fingerprint density at radius 3 is 2.30 bits per heavy atom. The number of rotatable bonds is 4. The molecular weight excluding hydrogens is 317 g/mol. The quantitative estimate of drug-likeness (QED) is 0.774. The average Bonchev–Trinajstić information content (AvgIpc) is 2.36. The minimum absolute atomic E-state index is 0.107. The normalized spacial score (nSPS) is 14.6. The molecule has 1 aromatic carbocycles. The molecule has 0 saturated carbocycles. The Bertz CT molecular complexity index is 579. The van der Waals surface area contributed by atoms with Crippen molar-refractivity contribution in [3.05, 3.63) is 28.8 Å². The lowest BCUT2D eigenvalue weighted by molar-refractivity contribution is 0.216. The topological polar surface area (TPSA) is 37.4 Å². The third kappa shape index (κ3) is 3.67. The average molecular weight is 338 g/mol. The van der Waals surface area contributed by atoms with Crippen molar-refractivity contribution in [2.45, 2.75) is 44.5 Å². The van der Waals surface area contributed by atoms with Crippen LogP contribution in [0.1, 0.15) is 33.3 Å². The number of nitrogens with zero attached hydrogens (tertiary/aromatic N) is 1. The summed E-state index contributed by atoms with van der Waals surface area (Å²) in [7, 11) is -2.06. The van der Waals surface area contributed by atoms with Crippen molar-refractivity contribution in [1.29, 1.82) is 0 Å². The van der Waals surface area contributed by atoms with Crippen molar-refractivity contribution in [2.24, 2.45) is 5.41 Å². The molecule has 1 aromatic rings. The van der Waals surface area contributed by atoms with Gasteiger partial charge in [0.05, 0.1) is 5.02 Å². The first-order valence-electron chi connectivity index (χ1n) is 6.34. The number of sulfonamides is 1. The van der Waals surface area contributed by atoms with E-state index in [1.165, 1.54) is 10.4 Å². The van der Waals surface area contributed by atoms with Gasteiger partial charge in [0.2, 0.25) is 10.0 Å². The molecule has 0 saturated heterocycles. The molecule has 114 valence electrons. The molecule has 0 aliphatic heterocycles. The Morgan fingerprint density at radius 2 is 1.85 bits per heavy atom. The van der Waals surface area contributed by atoms with E-state index in [-0.39, 0.29) is 27.3 Å². The summed E-state index contributed by atoms with van der Waals surface area (Å²) in [6, 6.07) is 4.67. The molecular formula is C14H21Cl2NO2S. The van der Waals surface area contributed by atoms with Crippen LogP contribution in [0, 0.1) is 5.41 Å². The van der Waals surface area contributed by atoms with Crippen LogP contribution in [-0.2, 0) is 15.9 Å². The second-order valence-electron chi connectivity index (χ2n) is 5.96. The molecule has 0 amide bonds. The summed E-state index contributed by atoms with van der Waals surface area (Å²) >= 11 is 11.8. The molecule has 6 heteroatoms. The van der Waals surface area contributed by atoms with E-state index in [1.807, 2.05) is 27.7 Å². The van der Waals surface area contributed by atoms with Crippen LogP contribution in [-0.4, -0.2) is 25.8 Å². The van der Waals surface area contributed by atoms with Gasteiger partial charge in [0.15, 0.2) is 0 Å². The minimum Gasteiger partial charge on any atom is -0.207 e. The highest BCUT2D eigenvalue weighted by molar-refractivity contribution is 7.89. The first-order valence-corrected chi connectivity index (χ1v) is 8.69. The predicted octanol–water partition coefficient (Wildman–Crippen LogP) is 4.13. The highest BCUT2D eigenvalue weighted by Gasteiger charge is 2.33. The van der Waals surface area contributed by atoms with Gasteiger partial charge < -0.3 is 0 Å². The van der Waals surface area contributed by atoms with E-state index in [4.69, 9.17) is 23.2 Å². The molecule has 0 aliphatic rings. The number of hydrogen-bond acceptors (Lipinski definition) is 2. The van der Waals surface area contributed by atoms with Gasteiger partial charge in [-0.15, -0.1) is 11.6 Å². The Balaban J connectivity index is 3.30. The zero-order valence-corrected chi connectivity index (χ0v) is 14.8. The highest BCUT2D eigenvalue weighted by Crippen LogP contribution is 2.31. The Hall–Kier alpha value is -0.290. The van der Waals surface area contributed by atoms with E-state index in [0.29, 0.717) is 0 Å². The van der Waals surface area contributed by atoms with Gasteiger partial charge in [-0.1, -0.05) is 38.4 Å². The highest BCUT2D eigenvalue weighted by atomic mass is 35.5. The van der Waals surface area contributed by atoms with Gasteiger partial charge in [-0.3, -0.25) is 0 Å². The zero-order chi connectivity index (χ0) is 15.7. The molecule has 1 atom stereocenters. The first kappa shape index (κ1) is 17.8. The molecule has 0 bridgehead atoms. The third-order valence-corrected chi connectivity index (χ3v) is 6.32. The van der Waals surface area contributed by atoms with E-state index >= 15 is 0 Å². The van der Waals surface area contributed by atoms with E-state index in [0.717, 1.165) is 5.56 Å². The Morgan fingerprint density at radius 1 is 1.30 bits per heavy atom. The predicted molar refractivity (Wildman–Crippen MR) is 84.9 cm³/mol. The van der Waals surface area contributed by atoms with E-state index in [9.17, 15) is 8.42 Å². The van der Waals surface area contributed by atoms with Crippen molar-refractivity contribution in [1.82, 2.24) is 4.31 Å². The molecule has 0 N–H and O–H groups in total. The number of alkyl halides is 1. The summed E-state index contributed by atoms with van der Waals surface area (Å²) in [5.74, 6) is 0.248. The first-order chi connectivity index (χ1) is 9.01. The van der Waals surface area contributed by atoms with E-state index in [1.54, 1.807) is 19.2 Å². The Kier molecular flexibility index (Phi) is 5.53. The summed E-state index contributed by atoms with van der Waals surface area (Å²) in [6.07, 6.45) is 0. The molecule has 0 aliphatic carbocycles.